The monoisotopic (exact) mass is 442 g/mol. The summed E-state index contributed by atoms with van der Waals surface area (Å²) in [5.74, 6) is 3.87. The highest BCUT2D eigenvalue weighted by Crippen LogP contribution is 2.45. The van der Waals surface area contributed by atoms with Gasteiger partial charge >= 0.3 is 0 Å². The van der Waals surface area contributed by atoms with Crippen molar-refractivity contribution in [2.75, 3.05) is 0 Å². The summed E-state index contributed by atoms with van der Waals surface area (Å²) in [5, 5.41) is 15.5. The number of amidine groups is 2. The highest BCUT2D eigenvalue weighted by Gasteiger charge is 2.43. The lowest BCUT2D eigenvalue weighted by Gasteiger charge is -2.31. The van der Waals surface area contributed by atoms with E-state index in [0.29, 0.717) is 53.7 Å². The number of ether oxygens (including phenoxy) is 2. The van der Waals surface area contributed by atoms with Crippen LogP contribution >= 0.6 is 0 Å². The zero-order chi connectivity index (χ0) is 22.2. The van der Waals surface area contributed by atoms with E-state index < -0.39 is 0 Å². The molecule has 0 radical (unpaired) electrons. The predicted octanol–water partition coefficient (Wildman–Crippen LogP) is 4.37. The van der Waals surface area contributed by atoms with Crippen molar-refractivity contribution >= 4 is 11.7 Å². The molecule has 0 spiro atoms. The fourth-order valence-corrected chi connectivity index (χ4v) is 7.47. The summed E-state index contributed by atoms with van der Waals surface area (Å²) >= 11 is 0. The second-order valence-electron chi connectivity index (χ2n) is 11.4. The van der Waals surface area contributed by atoms with E-state index in [1.807, 2.05) is 0 Å². The van der Waals surface area contributed by atoms with Crippen molar-refractivity contribution < 1.29 is 9.47 Å². The predicted molar refractivity (Wildman–Crippen MR) is 127 cm³/mol. The van der Waals surface area contributed by atoms with Crippen LogP contribution in [-0.2, 0) is 9.47 Å². The minimum atomic E-state index is 0.254. The van der Waals surface area contributed by atoms with Crippen molar-refractivity contribution in [3.8, 4) is 0 Å². The molecule has 0 amide bonds. The van der Waals surface area contributed by atoms with Crippen molar-refractivity contribution in [3.05, 3.63) is 12.2 Å². The highest BCUT2D eigenvalue weighted by atomic mass is 16.5. The van der Waals surface area contributed by atoms with Gasteiger partial charge in [0.05, 0.1) is 36.1 Å². The Bertz CT molecular complexity index is 731. The quantitative estimate of drug-likeness (QED) is 0.287. The molecule has 3 aliphatic carbocycles. The third kappa shape index (κ3) is 4.77. The van der Waals surface area contributed by atoms with Crippen LogP contribution in [0.25, 0.3) is 0 Å². The van der Waals surface area contributed by atoms with Gasteiger partial charge in [0.1, 0.15) is 0 Å². The van der Waals surface area contributed by atoms with Crippen LogP contribution in [0.2, 0.25) is 0 Å². The number of hydrogen-bond donors (Lipinski definition) is 4. The Hall–Kier alpha value is -1.40. The Labute approximate surface area is 192 Å². The second kappa shape index (κ2) is 9.46. The SMILES string of the molecule is N=C(N)C1CCC2OC(/C=C/C3CCC(C4CC5CC(C(=N)N)CCC5O4)CC3)CC2C1. The molecule has 0 aromatic carbocycles. The van der Waals surface area contributed by atoms with Crippen LogP contribution in [0.15, 0.2) is 12.2 Å². The number of hydrogen-bond acceptors (Lipinski definition) is 4. The summed E-state index contributed by atoms with van der Waals surface area (Å²) < 4.78 is 12.8. The Kier molecular flexibility index (Phi) is 6.62. The minimum absolute atomic E-state index is 0.254. The topological polar surface area (TPSA) is 118 Å². The van der Waals surface area contributed by atoms with E-state index in [1.165, 1.54) is 32.1 Å². The van der Waals surface area contributed by atoms with Crippen LogP contribution in [0.1, 0.15) is 77.0 Å². The van der Waals surface area contributed by atoms with E-state index in [1.54, 1.807) is 0 Å². The number of rotatable bonds is 5. The van der Waals surface area contributed by atoms with Crippen molar-refractivity contribution in [1.82, 2.24) is 0 Å². The first kappa shape index (κ1) is 22.4. The van der Waals surface area contributed by atoms with Crippen LogP contribution in [0.4, 0.5) is 0 Å². The molecule has 32 heavy (non-hydrogen) atoms. The highest BCUT2D eigenvalue weighted by molar-refractivity contribution is 5.80. The van der Waals surface area contributed by atoms with E-state index in [0.717, 1.165) is 44.9 Å². The van der Waals surface area contributed by atoms with Gasteiger partial charge in [0.2, 0.25) is 0 Å². The summed E-state index contributed by atoms with van der Waals surface area (Å²) in [4.78, 5) is 0. The van der Waals surface area contributed by atoms with Gasteiger partial charge in [0.25, 0.3) is 0 Å². The van der Waals surface area contributed by atoms with Gasteiger partial charge in [0, 0.05) is 11.8 Å². The first-order valence-corrected chi connectivity index (χ1v) is 13.1. The average Bonchev–Trinajstić information content (AvgIpc) is 3.40. The number of nitrogens with one attached hydrogen (secondary N) is 2. The Morgan fingerprint density at radius 1 is 0.594 bits per heavy atom. The Balaban J connectivity index is 1.06. The second-order valence-corrected chi connectivity index (χ2v) is 11.4. The summed E-state index contributed by atoms with van der Waals surface area (Å²) in [6.07, 6.45) is 19.9. The molecule has 178 valence electrons. The van der Waals surface area contributed by atoms with E-state index >= 15 is 0 Å². The third-order valence-corrected chi connectivity index (χ3v) is 9.41. The summed E-state index contributed by atoms with van der Waals surface area (Å²) in [7, 11) is 0. The number of allylic oxidation sites excluding steroid dienone is 1. The minimum Gasteiger partial charge on any atom is -0.387 e. The largest absolute Gasteiger partial charge is 0.387 e. The van der Waals surface area contributed by atoms with Gasteiger partial charge < -0.3 is 20.9 Å². The van der Waals surface area contributed by atoms with Crippen LogP contribution in [0, 0.1) is 46.3 Å². The van der Waals surface area contributed by atoms with Gasteiger partial charge in [-0.15, -0.1) is 0 Å². The average molecular weight is 443 g/mol. The van der Waals surface area contributed by atoms with Crippen LogP contribution in [0.5, 0.6) is 0 Å². The molecule has 2 saturated heterocycles. The molecular weight excluding hydrogens is 400 g/mol. The Morgan fingerprint density at radius 3 is 1.81 bits per heavy atom. The molecular formula is C26H42N4O2. The normalized spacial score (nSPS) is 46.6. The molecule has 0 aromatic rings. The maximum atomic E-state index is 7.79. The van der Waals surface area contributed by atoms with Crippen molar-refractivity contribution in [2.45, 2.75) is 101 Å². The van der Waals surface area contributed by atoms with Crippen LogP contribution < -0.4 is 11.5 Å². The molecule has 0 aromatic heterocycles. The maximum Gasteiger partial charge on any atom is 0.0937 e. The van der Waals surface area contributed by atoms with Gasteiger partial charge in [-0.25, -0.2) is 0 Å². The van der Waals surface area contributed by atoms with Crippen molar-refractivity contribution in [2.24, 2.45) is 47.0 Å². The molecule has 8 unspecified atom stereocenters. The first-order chi connectivity index (χ1) is 15.5. The molecule has 5 aliphatic rings. The molecule has 6 heteroatoms. The summed E-state index contributed by atoms with van der Waals surface area (Å²) in [6, 6.07) is 0. The molecule has 2 aliphatic heterocycles. The van der Waals surface area contributed by atoms with Crippen molar-refractivity contribution in [3.63, 3.8) is 0 Å². The molecule has 5 rings (SSSR count). The molecule has 6 nitrogen and oxygen atoms in total. The summed E-state index contributed by atoms with van der Waals surface area (Å²) in [5.41, 5.74) is 11.5. The lowest BCUT2D eigenvalue weighted by molar-refractivity contribution is -0.0198. The fourth-order valence-electron chi connectivity index (χ4n) is 7.47. The third-order valence-electron chi connectivity index (χ3n) is 9.41. The molecule has 6 N–H and O–H groups in total. The van der Waals surface area contributed by atoms with E-state index in [4.69, 9.17) is 31.8 Å². The molecule has 8 atom stereocenters. The van der Waals surface area contributed by atoms with Gasteiger partial charge in [-0.2, -0.15) is 0 Å². The Morgan fingerprint density at radius 2 is 1.19 bits per heavy atom. The smallest absolute Gasteiger partial charge is 0.0937 e. The molecule has 5 fully saturated rings. The molecule has 3 saturated carbocycles. The number of nitrogens with two attached hydrogens (primary N) is 2. The lowest BCUT2D eigenvalue weighted by atomic mass is 9.75. The molecule has 2 heterocycles. The van der Waals surface area contributed by atoms with Gasteiger partial charge in [-0.1, -0.05) is 12.2 Å². The van der Waals surface area contributed by atoms with Gasteiger partial charge in [-0.3, -0.25) is 10.8 Å². The van der Waals surface area contributed by atoms with E-state index in [9.17, 15) is 0 Å². The fraction of sp³-hybridized carbons (Fsp3) is 0.846. The zero-order valence-corrected chi connectivity index (χ0v) is 19.4. The van der Waals surface area contributed by atoms with Gasteiger partial charge in [-0.05, 0) is 101 Å². The summed E-state index contributed by atoms with van der Waals surface area (Å²) in [6.45, 7) is 0. The van der Waals surface area contributed by atoms with Crippen LogP contribution in [-0.4, -0.2) is 36.1 Å². The first-order valence-electron chi connectivity index (χ1n) is 13.1. The van der Waals surface area contributed by atoms with E-state index in [-0.39, 0.29) is 17.9 Å². The van der Waals surface area contributed by atoms with Crippen LogP contribution in [0.3, 0.4) is 0 Å². The maximum absolute atomic E-state index is 7.79. The van der Waals surface area contributed by atoms with E-state index in [2.05, 4.69) is 12.2 Å². The standard InChI is InChI=1S/C26H42N4O2/c27-25(28)17-6-9-22-19(11-17)13-21(31-22)8-3-15-1-4-16(5-2-15)24-14-20-12-18(26(29)30)7-10-23(20)32-24/h3,8,15-24H,1-2,4-7,9-14H2,(H3,27,28)(H3,29,30)/b8-3+. The molecule has 0 bridgehead atoms. The number of fused-ring (bicyclic) bond motifs is 2. The van der Waals surface area contributed by atoms with Crippen molar-refractivity contribution in [1.29, 1.82) is 10.8 Å². The lowest BCUT2D eigenvalue weighted by Crippen LogP contribution is -2.33. The zero-order valence-electron chi connectivity index (χ0n) is 19.4. The van der Waals surface area contributed by atoms with Gasteiger partial charge in [0.15, 0.2) is 0 Å².